The molecular weight excluding hydrogens is 641 g/mol. The lowest BCUT2D eigenvalue weighted by Crippen LogP contribution is -2.28. The zero-order valence-electron chi connectivity index (χ0n) is 29.0. The molecule has 1 aromatic heterocycles. The summed E-state index contributed by atoms with van der Waals surface area (Å²) < 4.78 is 0. The van der Waals surface area contributed by atoms with Gasteiger partial charge in [0, 0.05) is 16.7 Å². The zero-order valence-corrected chi connectivity index (χ0v) is 29.0. The van der Waals surface area contributed by atoms with Gasteiger partial charge in [-0.1, -0.05) is 194 Å². The van der Waals surface area contributed by atoms with Gasteiger partial charge in [0.1, 0.15) is 0 Å². The van der Waals surface area contributed by atoms with Crippen molar-refractivity contribution in [1.82, 2.24) is 9.97 Å². The quantitative estimate of drug-likeness (QED) is 0.175. The molecule has 0 spiro atoms. The molecule has 0 atom stereocenters. The van der Waals surface area contributed by atoms with E-state index in [1.807, 2.05) is 24.3 Å². The molecule has 2 nitrogen and oxygen atoms in total. The Hall–Kier alpha value is -6.90. The predicted octanol–water partition coefficient (Wildman–Crippen LogP) is 12.7. The molecule has 0 fully saturated rings. The lowest BCUT2D eigenvalue weighted by molar-refractivity contribution is 0.769. The molecule has 53 heavy (non-hydrogen) atoms. The number of fused-ring (bicyclic) bond motifs is 4. The lowest BCUT2D eigenvalue weighted by atomic mass is 9.67. The molecule has 0 aliphatic heterocycles. The summed E-state index contributed by atoms with van der Waals surface area (Å²) in [6.07, 6.45) is 0. The van der Waals surface area contributed by atoms with Crippen LogP contribution in [0.15, 0.2) is 206 Å². The molecule has 10 rings (SSSR count). The van der Waals surface area contributed by atoms with Crippen LogP contribution in [0.1, 0.15) is 22.3 Å². The Labute approximate surface area is 309 Å². The Morgan fingerprint density at radius 3 is 1.47 bits per heavy atom. The Kier molecular flexibility index (Phi) is 7.40. The summed E-state index contributed by atoms with van der Waals surface area (Å²) in [7, 11) is 0. The molecule has 248 valence electrons. The molecular formula is C51H34N2. The van der Waals surface area contributed by atoms with Gasteiger partial charge >= 0.3 is 0 Å². The molecule has 1 aliphatic carbocycles. The largest absolute Gasteiger partial charge is 0.228 e. The summed E-state index contributed by atoms with van der Waals surface area (Å²) in [5, 5.41) is 2.34. The second-order valence-corrected chi connectivity index (χ2v) is 13.7. The van der Waals surface area contributed by atoms with Gasteiger partial charge in [-0.25, -0.2) is 9.97 Å². The van der Waals surface area contributed by atoms with Gasteiger partial charge in [0.2, 0.25) is 0 Å². The SMILES string of the molecule is c1ccc(-c2cc(-c3ccc(-c4ccc5c(c4)C(c4ccccc4)(c4ccccc4)c4ccccc4-5)c4ccccc34)nc(-c3ccccc3)n2)cc1. The van der Waals surface area contributed by atoms with Gasteiger partial charge < -0.3 is 0 Å². The average molecular weight is 675 g/mol. The monoisotopic (exact) mass is 674 g/mol. The molecule has 0 saturated carbocycles. The van der Waals surface area contributed by atoms with Crippen LogP contribution in [-0.4, -0.2) is 9.97 Å². The fourth-order valence-corrected chi connectivity index (χ4v) is 8.44. The third-order valence-electron chi connectivity index (χ3n) is 10.8. The van der Waals surface area contributed by atoms with E-state index in [1.54, 1.807) is 0 Å². The minimum absolute atomic E-state index is 0.456. The number of aromatic nitrogens is 2. The van der Waals surface area contributed by atoms with Crippen LogP contribution >= 0.6 is 0 Å². The number of hydrogen-bond acceptors (Lipinski definition) is 2. The first-order valence-electron chi connectivity index (χ1n) is 18.2. The van der Waals surface area contributed by atoms with E-state index in [-0.39, 0.29) is 0 Å². The van der Waals surface area contributed by atoms with E-state index in [1.165, 1.54) is 49.9 Å². The van der Waals surface area contributed by atoms with Gasteiger partial charge in [0.15, 0.2) is 5.82 Å². The van der Waals surface area contributed by atoms with Gasteiger partial charge in [0.05, 0.1) is 16.8 Å². The number of benzene rings is 8. The highest BCUT2D eigenvalue weighted by molar-refractivity contribution is 6.05. The average Bonchev–Trinajstić information content (AvgIpc) is 3.55. The summed E-state index contributed by atoms with van der Waals surface area (Å²) in [4.78, 5) is 10.2. The summed E-state index contributed by atoms with van der Waals surface area (Å²) in [5.74, 6) is 0.714. The standard InChI is InChI=1S/C51H34N2/c1-5-17-35(18-6-1)48-34-49(53-50(52-48)36-19-7-2-8-20-36)45-32-31-40(41-25-13-14-26-42(41)45)37-29-30-44-43-27-15-16-28-46(43)51(47(44)33-37,38-21-9-3-10-22-38)39-23-11-4-12-24-39/h1-34H. The molecule has 0 saturated heterocycles. The van der Waals surface area contributed by atoms with Crippen LogP contribution in [-0.2, 0) is 5.41 Å². The first-order chi connectivity index (χ1) is 26.3. The van der Waals surface area contributed by atoms with Crippen molar-refractivity contribution >= 4 is 10.8 Å². The molecule has 0 unspecified atom stereocenters. The van der Waals surface area contributed by atoms with Crippen molar-refractivity contribution < 1.29 is 0 Å². The highest BCUT2D eigenvalue weighted by Crippen LogP contribution is 2.57. The number of rotatable bonds is 6. The summed E-state index contributed by atoms with van der Waals surface area (Å²) in [6, 6.07) is 74.0. The van der Waals surface area contributed by atoms with Crippen LogP contribution in [0.2, 0.25) is 0 Å². The zero-order chi connectivity index (χ0) is 35.2. The lowest BCUT2D eigenvalue weighted by Gasteiger charge is -2.34. The van der Waals surface area contributed by atoms with E-state index in [0.29, 0.717) is 5.82 Å². The molecule has 8 aromatic carbocycles. The summed E-state index contributed by atoms with van der Waals surface area (Å²) in [6.45, 7) is 0. The molecule has 1 aliphatic rings. The van der Waals surface area contributed by atoms with Gasteiger partial charge in [-0.3, -0.25) is 0 Å². The maximum absolute atomic E-state index is 5.20. The second-order valence-electron chi connectivity index (χ2n) is 13.7. The number of nitrogens with zero attached hydrogens (tertiary/aromatic N) is 2. The van der Waals surface area contributed by atoms with Crippen LogP contribution in [0, 0.1) is 0 Å². The predicted molar refractivity (Wildman–Crippen MR) is 219 cm³/mol. The Morgan fingerprint density at radius 1 is 0.302 bits per heavy atom. The topological polar surface area (TPSA) is 25.8 Å². The second kappa shape index (κ2) is 12.7. The molecule has 0 radical (unpaired) electrons. The van der Waals surface area contributed by atoms with Crippen molar-refractivity contribution in [1.29, 1.82) is 0 Å². The molecule has 0 bridgehead atoms. The first kappa shape index (κ1) is 30.9. The molecule has 2 heteroatoms. The van der Waals surface area contributed by atoms with Crippen molar-refractivity contribution in [2.45, 2.75) is 5.41 Å². The van der Waals surface area contributed by atoms with E-state index in [0.717, 1.165) is 33.5 Å². The fourth-order valence-electron chi connectivity index (χ4n) is 8.44. The van der Waals surface area contributed by atoms with Crippen LogP contribution in [0.25, 0.3) is 66.9 Å². The first-order valence-corrected chi connectivity index (χ1v) is 18.2. The van der Waals surface area contributed by atoms with Gasteiger partial charge in [-0.05, 0) is 67.4 Å². The van der Waals surface area contributed by atoms with Crippen molar-refractivity contribution in [3.05, 3.63) is 229 Å². The Balaban J connectivity index is 1.19. The van der Waals surface area contributed by atoms with E-state index < -0.39 is 5.41 Å². The maximum atomic E-state index is 5.20. The molecule has 9 aromatic rings. The van der Waals surface area contributed by atoms with Crippen molar-refractivity contribution in [2.24, 2.45) is 0 Å². The van der Waals surface area contributed by atoms with E-state index in [4.69, 9.17) is 9.97 Å². The van der Waals surface area contributed by atoms with Crippen LogP contribution in [0.4, 0.5) is 0 Å². The highest BCUT2D eigenvalue weighted by atomic mass is 14.9. The Bertz CT molecular complexity index is 2660. The minimum Gasteiger partial charge on any atom is -0.228 e. The van der Waals surface area contributed by atoms with Gasteiger partial charge in [-0.2, -0.15) is 0 Å². The maximum Gasteiger partial charge on any atom is 0.160 e. The van der Waals surface area contributed by atoms with Crippen molar-refractivity contribution in [2.75, 3.05) is 0 Å². The third-order valence-corrected chi connectivity index (χ3v) is 10.8. The van der Waals surface area contributed by atoms with Crippen molar-refractivity contribution in [3.63, 3.8) is 0 Å². The minimum atomic E-state index is -0.456. The van der Waals surface area contributed by atoms with E-state index in [2.05, 4.69) is 182 Å². The smallest absolute Gasteiger partial charge is 0.160 e. The van der Waals surface area contributed by atoms with E-state index >= 15 is 0 Å². The third kappa shape index (κ3) is 5.03. The van der Waals surface area contributed by atoms with Crippen LogP contribution in [0.5, 0.6) is 0 Å². The fraction of sp³-hybridized carbons (Fsp3) is 0.0196. The molecule has 0 N–H and O–H groups in total. The van der Waals surface area contributed by atoms with Crippen molar-refractivity contribution in [3.8, 4) is 56.2 Å². The number of hydrogen-bond donors (Lipinski definition) is 0. The van der Waals surface area contributed by atoms with Crippen LogP contribution in [0.3, 0.4) is 0 Å². The van der Waals surface area contributed by atoms with Gasteiger partial charge in [0.25, 0.3) is 0 Å². The molecule has 1 heterocycles. The summed E-state index contributed by atoms with van der Waals surface area (Å²) in [5.41, 5.74) is 14.6. The normalized spacial score (nSPS) is 12.7. The van der Waals surface area contributed by atoms with Crippen LogP contribution < -0.4 is 0 Å². The highest BCUT2D eigenvalue weighted by Gasteiger charge is 2.46. The summed E-state index contributed by atoms with van der Waals surface area (Å²) >= 11 is 0. The molecule has 0 amide bonds. The Morgan fingerprint density at radius 2 is 0.792 bits per heavy atom. The van der Waals surface area contributed by atoms with E-state index in [9.17, 15) is 0 Å². The van der Waals surface area contributed by atoms with Gasteiger partial charge in [-0.15, -0.1) is 0 Å².